The molecule has 0 saturated carbocycles. The van der Waals surface area contributed by atoms with Gasteiger partial charge in [0.25, 0.3) is 0 Å². The smallest absolute Gasteiger partial charge is 0.230 e. The molecule has 0 aliphatic carbocycles. The maximum Gasteiger partial charge on any atom is 0.230 e. The van der Waals surface area contributed by atoms with Crippen LogP contribution in [-0.2, 0) is 17.6 Å². The first kappa shape index (κ1) is 20.3. The van der Waals surface area contributed by atoms with E-state index >= 15 is 0 Å². The topological polar surface area (TPSA) is 66.9 Å². The Labute approximate surface area is 171 Å². The number of rotatable bonds is 9. The van der Waals surface area contributed by atoms with Crippen LogP contribution < -0.4 is 10.6 Å². The quantitative estimate of drug-likeness (QED) is 0.505. The molecular formula is C20H21FN4OS2. The van der Waals surface area contributed by atoms with E-state index in [0.29, 0.717) is 18.1 Å². The van der Waals surface area contributed by atoms with Crippen LogP contribution in [0.2, 0.25) is 0 Å². The maximum absolute atomic E-state index is 12.9. The van der Waals surface area contributed by atoms with Crippen LogP contribution in [0, 0.1) is 5.82 Å². The number of benzene rings is 2. The number of carbonyl (C=O) groups is 1. The molecule has 0 aliphatic rings. The van der Waals surface area contributed by atoms with Crippen molar-refractivity contribution in [2.24, 2.45) is 0 Å². The number of anilines is 2. The molecule has 5 nitrogen and oxygen atoms in total. The molecule has 0 aliphatic heterocycles. The van der Waals surface area contributed by atoms with Crippen molar-refractivity contribution in [1.82, 2.24) is 15.5 Å². The van der Waals surface area contributed by atoms with Crippen LogP contribution in [0.3, 0.4) is 0 Å². The maximum atomic E-state index is 12.9. The first-order valence-corrected chi connectivity index (χ1v) is 10.8. The highest BCUT2D eigenvalue weighted by atomic mass is 32.2. The molecule has 0 fully saturated rings. The standard InChI is InChI=1S/C20H21FN4OS2/c1-2-14-5-9-17(10-6-14)23-19-24-25-20(28-19)27-13-18(26)22-12-11-15-3-7-16(21)8-4-15/h3-10H,2,11-13H2,1H3,(H,22,26)(H,23,24). The van der Waals surface area contributed by atoms with E-state index in [2.05, 4.69) is 39.9 Å². The first-order chi connectivity index (χ1) is 13.6. The van der Waals surface area contributed by atoms with Crippen LogP contribution >= 0.6 is 23.1 Å². The lowest BCUT2D eigenvalue weighted by atomic mass is 10.1. The summed E-state index contributed by atoms with van der Waals surface area (Å²) < 4.78 is 13.6. The van der Waals surface area contributed by atoms with E-state index in [4.69, 9.17) is 0 Å². The van der Waals surface area contributed by atoms with Gasteiger partial charge in [0.2, 0.25) is 11.0 Å². The van der Waals surface area contributed by atoms with Crippen LogP contribution in [0.25, 0.3) is 0 Å². The number of halogens is 1. The predicted molar refractivity (Wildman–Crippen MR) is 113 cm³/mol. The zero-order chi connectivity index (χ0) is 19.8. The van der Waals surface area contributed by atoms with Crippen molar-refractivity contribution in [2.45, 2.75) is 24.1 Å². The van der Waals surface area contributed by atoms with Crippen LogP contribution in [0.4, 0.5) is 15.2 Å². The highest BCUT2D eigenvalue weighted by Gasteiger charge is 2.08. The fourth-order valence-corrected chi connectivity index (χ4v) is 4.04. The van der Waals surface area contributed by atoms with Crippen LogP contribution in [0.5, 0.6) is 0 Å². The lowest BCUT2D eigenvalue weighted by molar-refractivity contribution is -0.118. The molecule has 0 spiro atoms. The second-order valence-electron chi connectivity index (χ2n) is 6.06. The van der Waals surface area contributed by atoms with E-state index in [-0.39, 0.29) is 17.5 Å². The molecular weight excluding hydrogens is 395 g/mol. The number of thioether (sulfide) groups is 1. The van der Waals surface area contributed by atoms with Crippen molar-refractivity contribution in [3.8, 4) is 0 Å². The zero-order valence-electron chi connectivity index (χ0n) is 15.4. The Morgan fingerprint density at radius 3 is 2.50 bits per heavy atom. The normalized spacial score (nSPS) is 10.6. The van der Waals surface area contributed by atoms with E-state index in [1.165, 1.54) is 40.8 Å². The Balaban J connectivity index is 1.39. The number of amides is 1. The van der Waals surface area contributed by atoms with Crippen molar-refractivity contribution in [3.05, 3.63) is 65.5 Å². The summed E-state index contributed by atoms with van der Waals surface area (Å²) in [5.41, 5.74) is 3.23. The molecule has 1 heterocycles. The summed E-state index contributed by atoms with van der Waals surface area (Å²) in [7, 11) is 0. The summed E-state index contributed by atoms with van der Waals surface area (Å²) in [5, 5.41) is 15.0. The second-order valence-corrected chi connectivity index (χ2v) is 8.26. The van der Waals surface area contributed by atoms with Crippen LogP contribution in [-0.4, -0.2) is 28.4 Å². The van der Waals surface area contributed by atoms with E-state index in [9.17, 15) is 9.18 Å². The minimum atomic E-state index is -0.256. The average molecular weight is 417 g/mol. The largest absolute Gasteiger partial charge is 0.355 e. The van der Waals surface area contributed by atoms with Crippen molar-refractivity contribution >= 4 is 39.8 Å². The molecule has 0 bridgehead atoms. The summed E-state index contributed by atoms with van der Waals surface area (Å²) in [5.74, 6) is -0.0384. The van der Waals surface area contributed by atoms with Gasteiger partial charge in [-0.15, -0.1) is 10.2 Å². The van der Waals surface area contributed by atoms with Gasteiger partial charge in [-0.25, -0.2) is 4.39 Å². The number of hydrogen-bond acceptors (Lipinski definition) is 6. The minimum absolute atomic E-state index is 0.0630. The molecule has 28 heavy (non-hydrogen) atoms. The van der Waals surface area contributed by atoms with E-state index in [1.807, 2.05) is 12.1 Å². The number of nitrogens with zero attached hydrogens (tertiary/aromatic N) is 2. The molecule has 3 rings (SSSR count). The van der Waals surface area contributed by atoms with Gasteiger partial charge in [0.15, 0.2) is 4.34 Å². The molecule has 2 aromatic carbocycles. The molecule has 0 unspecified atom stereocenters. The summed E-state index contributed by atoms with van der Waals surface area (Å²) >= 11 is 2.77. The van der Waals surface area contributed by atoms with Crippen molar-refractivity contribution < 1.29 is 9.18 Å². The fraction of sp³-hybridized carbons (Fsp3) is 0.250. The Hall–Kier alpha value is -2.45. The van der Waals surface area contributed by atoms with Crippen molar-refractivity contribution in [1.29, 1.82) is 0 Å². The molecule has 146 valence electrons. The van der Waals surface area contributed by atoms with Gasteiger partial charge in [-0.05, 0) is 48.2 Å². The minimum Gasteiger partial charge on any atom is -0.355 e. The number of aryl methyl sites for hydroxylation is 1. The molecule has 0 atom stereocenters. The number of hydrogen-bond donors (Lipinski definition) is 2. The van der Waals surface area contributed by atoms with Gasteiger partial charge in [0, 0.05) is 12.2 Å². The third-order valence-electron chi connectivity index (χ3n) is 4.00. The molecule has 8 heteroatoms. The Morgan fingerprint density at radius 1 is 1.07 bits per heavy atom. The van der Waals surface area contributed by atoms with Crippen LogP contribution in [0.1, 0.15) is 18.1 Å². The summed E-state index contributed by atoms with van der Waals surface area (Å²) in [6.45, 7) is 2.64. The second kappa shape index (κ2) is 10.2. The predicted octanol–water partition coefficient (Wildman–Crippen LogP) is 4.43. The first-order valence-electron chi connectivity index (χ1n) is 8.96. The van der Waals surface area contributed by atoms with Gasteiger partial charge in [0.1, 0.15) is 5.82 Å². The molecule has 1 aromatic heterocycles. The molecule has 0 radical (unpaired) electrons. The number of aromatic nitrogens is 2. The molecule has 0 saturated heterocycles. The van der Waals surface area contributed by atoms with Gasteiger partial charge in [-0.2, -0.15) is 0 Å². The van der Waals surface area contributed by atoms with Gasteiger partial charge in [0.05, 0.1) is 5.75 Å². The summed E-state index contributed by atoms with van der Waals surface area (Å²) in [4.78, 5) is 12.0. The SMILES string of the molecule is CCc1ccc(Nc2nnc(SCC(=O)NCCc3ccc(F)cc3)s2)cc1. The zero-order valence-corrected chi connectivity index (χ0v) is 17.1. The van der Waals surface area contributed by atoms with Crippen LogP contribution in [0.15, 0.2) is 52.9 Å². The van der Waals surface area contributed by atoms with E-state index in [1.54, 1.807) is 12.1 Å². The third kappa shape index (κ3) is 6.31. The lowest BCUT2D eigenvalue weighted by Gasteiger charge is -2.04. The summed E-state index contributed by atoms with van der Waals surface area (Å²) in [6.07, 6.45) is 1.67. The molecule has 3 aromatic rings. The van der Waals surface area contributed by atoms with Crippen molar-refractivity contribution in [2.75, 3.05) is 17.6 Å². The lowest BCUT2D eigenvalue weighted by Crippen LogP contribution is -2.27. The van der Waals surface area contributed by atoms with E-state index < -0.39 is 0 Å². The van der Waals surface area contributed by atoms with Gasteiger partial charge < -0.3 is 10.6 Å². The highest BCUT2D eigenvalue weighted by Crippen LogP contribution is 2.27. The monoisotopic (exact) mass is 416 g/mol. The number of nitrogens with one attached hydrogen (secondary N) is 2. The average Bonchev–Trinajstić information content (AvgIpc) is 3.16. The van der Waals surface area contributed by atoms with Gasteiger partial charge in [-0.1, -0.05) is 54.3 Å². The van der Waals surface area contributed by atoms with E-state index in [0.717, 1.165) is 22.0 Å². The fourth-order valence-electron chi connectivity index (χ4n) is 2.44. The highest BCUT2D eigenvalue weighted by molar-refractivity contribution is 8.01. The Morgan fingerprint density at radius 2 is 1.79 bits per heavy atom. The summed E-state index contributed by atoms with van der Waals surface area (Å²) in [6, 6.07) is 14.5. The molecule has 1 amide bonds. The third-order valence-corrected chi connectivity index (χ3v) is 5.97. The van der Waals surface area contributed by atoms with Gasteiger partial charge >= 0.3 is 0 Å². The Kier molecular flexibility index (Phi) is 7.39. The van der Waals surface area contributed by atoms with Crippen molar-refractivity contribution in [3.63, 3.8) is 0 Å². The number of carbonyl (C=O) groups excluding carboxylic acids is 1. The van der Waals surface area contributed by atoms with Gasteiger partial charge in [-0.3, -0.25) is 4.79 Å². The molecule has 2 N–H and O–H groups in total. The Bertz CT molecular complexity index is 897.